The van der Waals surface area contributed by atoms with Crippen LogP contribution in [-0.2, 0) is 6.42 Å². The molecule has 0 unspecified atom stereocenters. The highest BCUT2D eigenvalue weighted by Gasteiger charge is 2.23. The van der Waals surface area contributed by atoms with Crippen LogP contribution in [0.5, 0.6) is 5.75 Å². The van der Waals surface area contributed by atoms with Gasteiger partial charge in [-0.2, -0.15) is 0 Å². The van der Waals surface area contributed by atoms with E-state index in [-0.39, 0.29) is 5.78 Å². The Morgan fingerprint density at radius 2 is 2.24 bits per heavy atom. The van der Waals surface area contributed by atoms with Crippen LogP contribution >= 0.6 is 15.9 Å². The number of carbonyl (C=O) groups is 1. The molecule has 0 amide bonds. The van der Waals surface area contributed by atoms with E-state index in [9.17, 15) is 4.79 Å². The predicted molar refractivity (Wildman–Crippen MR) is 65.5 cm³/mol. The summed E-state index contributed by atoms with van der Waals surface area (Å²) in [5, 5.41) is 0. The van der Waals surface area contributed by atoms with E-state index in [4.69, 9.17) is 9.15 Å². The van der Waals surface area contributed by atoms with Crippen LogP contribution in [0.4, 0.5) is 0 Å². The fraction of sp³-hybridized carbons (Fsp3) is 0.154. The molecular weight excluding hydrogens is 284 g/mol. The normalized spacial score (nSPS) is 13.2. The van der Waals surface area contributed by atoms with Gasteiger partial charge in [0.2, 0.25) is 0 Å². The van der Waals surface area contributed by atoms with E-state index in [1.807, 2.05) is 6.07 Å². The average Bonchev–Trinajstić information content (AvgIpc) is 2.97. The Morgan fingerprint density at radius 1 is 1.35 bits per heavy atom. The summed E-state index contributed by atoms with van der Waals surface area (Å²) in [6.45, 7) is 0.636. The second kappa shape index (κ2) is 4.04. The summed E-state index contributed by atoms with van der Waals surface area (Å²) in [5.74, 6) is 0.637. The van der Waals surface area contributed by atoms with Crippen LogP contribution in [0.1, 0.15) is 21.5 Å². The van der Waals surface area contributed by atoms with Gasteiger partial charge in [0.05, 0.1) is 24.0 Å². The highest BCUT2D eigenvalue weighted by Crippen LogP contribution is 2.34. The van der Waals surface area contributed by atoms with Crippen molar-refractivity contribution in [2.24, 2.45) is 0 Å². The third-order valence-electron chi connectivity index (χ3n) is 2.78. The molecule has 4 heteroatoms. The lowest BCUT2D eigenvalue weighted by Crippen LogP contribution is -2.02. The van der Waals surface area contributed by atoms with E-state index in [0.29, 0.717) is 23.5 Å². The minimum Gasteiger partial charge on any atom is -0.492 e. The van der Waals surface area contributed by atoms with Gasteiger partial charge >= 0.3 is 0 Å². The molecule has 86 valence electrons. The van der Waals surface area contributed by atoms with Gasteiger partial charge < -0.3 is 9.15 Å². The second-order valence-electron chi connectivity index (χ2n) is 3.88. The fourth-order valence-corrected chi connectivity index (χ4v) is 2.49. The molecule has 1 aromatic carbocycles. The van der Waals surface area contributed by atoms with Crippen molar-refractivity contribution in [3.8, 4) is 5.75 Å². The maximum atomic E-state index is 12.3. The Labute approximate surface area is 107 Å². The van der Waals surface area contributed by atoms with Gasteiger partial charge in [0.1, 0.15) is 12.0 Å². The van der Waals surface area contributed by atoms with Crippen molar-refractivity contribution in [2.45, 2.75) is 6.42 Å². The predicted octanol–water partition coefficient (Wildman–Crippen LogP) is 3.21. The first-order chi connectivity index (χ1) is 8.25. The van der Waals surface area contributed by atoms with Gasteiger partial charge in [-0.25, -0.2) is 0 Å². The molecule has 0 aliphatic carbocycles. The van der Waals surface area contributed by atoms with Crippen molar-refractivity contribution in [3.63, 3.8) is 0 Å². The number of halogens is 1. The summed E-state index contributed by atoms with van der Waals surface area (Å²) < 4.78 is 11.4. The number of carbonyl (C=O) groups excluding carboxylic acids is 1. The number of hydrogen-bond acceptors (Lipinski definition) is 3. The van der Waals surface area contributed by atoms with Crippen molar-refractivity contribution in [1.82, 2.24) is 0 Å². The van der Waals surface area contributed by atoms with Crippen molar-refractivity contribution in [3.05, 3.63) is 51.9 Å². The molecule has 0 radical (unpaired) electrons. The zero-order valence-corrected chi connectivity index (χ0v) is 10.5. The van der Waals surface area contributed by atoms with Crippen LogP contribution < -0.4 is 4.74 Å². The number of ether oxygens (including phenoxy) is 1. The summed E-state index contributed by atoms with van der Waals surface area (Å²) in [4.78, 5) is 12.3. The molecule has 0 saturated heterocycles. The zero-order valence-electron chi connectivity index (χ0n) is 8.90. The van der Waals surface area contributed by atoms with E-state index in [2.05, 4.69) is 15.9 Å². The molecule has 0 N–H and O–H groups in total. The summed E-state index contributed by atoms with van der Waals surface area (Å²) in [5.41, 5.74) is 2.21. The standard InChI is InChI=1S/C13H9BrO3/c14-10-5-8-2-4-17-13(8)11(6-10)12(15)9-1-3-16-7-9/h1,3,5-7H,2,4H2. The van der Waals surface area contributed by atoms with E-state index in [0.717, 1.165) is 16.5 Å². The third kappa shape index (κ3) is 1.78. The third-order valence-corrected chi connectivity index (χ3v) is 3.23. The maximum Gasteiger partial charge on any atom is 0.200 e. The van der Waals surface area contributed by atoms with Crippen molar-refractivity contribution >= 4 is 21.7 Å². The quantitative estimate of drug-likeness (QED) is 0.798. The smallest absolute Gasteiger partial charge is 0.200 e. The van der Waals surface area contributed by atoms with Crippen LogP contribution in [0.2, 0.25) is 0 Å². The lowest BCUT2D eigenvalue weighted by Gasteiger charge is -2.06. The minimum absolute atomic E-state index is 0.0711. The van der Waals surface area contributed by atoms with Crippen LogP contribution in [0.3, 0.4) is 0 Å². The SMILES string of the molecule is O=C(c1ccoc1)c1cc(Br)cc2c1OCC2. The molecule has 0 bridgehead atoms. The maximum absolute atomic E-state index is 12.3. The molecule has 0 spiro atoms. The molecule has 1 aliphatic rings. The number of fused-ring (bicyclic) bond motifs is 1. The number of furan rings is 1. The van der Waals surface area contributed by atoms with Gasteiger partial charge in [0, 0.05) is 10.9 Å². The van der Waals surface area contributed by atoms with Crippen molar-refractivity contribution in [1.29, 1.82) is 0 Å². The van der Waals surface area contributed by atoms with Crippen LogP contribution in [0.15, 0.2) is 39.6 Å². The summed E-state index contributed by atoms with van der Waals surface area (Å²) in [6.07, 6.45) is 3.79. The lowest BCUT2D eigenvalue weighted by molar-refractivity contribution is 0.103. The Kier molecular flexibility index (Phi) is 2.52. The molecule has 3 nitrogen and oxygen atoms in total. The van der Waals surface area contributed by atoms with E-state index in [1.54, 1.807) is 12.1 Å². The van der Waals surface area contributed by atoms with E-state index in [1.165, 1.54) is 12.5 Å². The van der Waals surface area contributed by atoms with Crippen LogP contribution in [-0.4, -0.2) is 12.4 Å². The van der Waals surface area contributed by atoms with Crippen LogP contribution in [0, 0.1) is 0 Å². The summed E-state index contributed by atoms with van der Waals surface area (Å²) in [7, 11) is 0. The van der Waals surface area contributed by atoms with E-state index >= 15 is 0 Å². The first-order valence-corrected chi connectivity index (χ1v) is 6.07. The molecule has 1 aliphatic heterocycles. The molecule has 0 fully saturated rings. The second-order valence-corrected chi connectivity index (χ2v) is 4.80. The highest BCUT2D eigenvalue weighted by atomic mass is 79.9. The molecule has 17 heavy (non-hydrogen) atoms. The van der Waals surface area contributed by atoms with Gasteiger partial charge in [0.15, 0.2) is 5.78 Å². The Morgan fingerprint density at radius 3 is 3.00 bits per heavy atom. The van der Waals surface area contributed by atoms with Gasteiger partial charge in [-0.1, -0.05) is 15.9 Å². The Bertz CT molecular complexity index is 573. The summed E-state index contributed by atoms with van der Waals surface area (Å²) in [6, 6.07) is 5.44. The summed E-state index contributed by atoms with van der Waals surface area (Å²) >= 11 is 3.42. The molecule has 3 rings (SSSR count). The number of hydrogen-bond donors (Lipinski definition) is 0. The lowest BCUT2D eigenvalue weighted by atomic mass is 10.0. The van der Waals surface area contributed by atoms with Gasteiger partial charge in [-0.3, -0.25) is 4.79 Å². The first-order valence-electron chi connectivity index (χ1n) is 5.28. The molecular formula is C13H9BrO3. The molecule has 0 atom stereocenters. The van der Waals surface area contributed by atoms with Gasteiger partial charge in [-0.05, 0) is 23.8 Å². The molecule has 0 saturated carbocycles. The molecule has 2 heterocycles. The zero-order chi connectivity index (χ0) is 11.8. The monoisotopic (exact) mass is 292 g/mol. The van der Waals surface area contributed by atoms with Crippen molar-refractivity contribution in [2.75, 3.05) is 6.61 Å². The van der Waals surface area contributed by atoms with Gasteiger partial charge in [0.25, 0.3) is 0 Å². The Balaban J connectivity index is 2.12. The Hall–Kier alpha value is -1.55. The molecule has 2 aromatic rings. The number of ketones is 1. The minimum atomic E-state index is -0.0711. The van der Waals surface area contributed by atoms with E-state index < -0.39 is 0 Å². The first kappa shape index (κ1) is 10.6. The fourth-order valence-electron chi connectivity index (χ4n) is 1.99. The number of rotatable bonds is 2. The number of benzene rings is 1. The van der Waals surface area contributed by atoms with Crippen LogP contribution in [0.25, 0.3) is 0 Å². The average molecular weight is 293 g/mol. The topological polar surface area (TPSA) is 39.4 Å². The highest BCUT2D eigenvalue weighted by molar-refractivity contribution is 9.10. The van der Waals surface area contributed by atoms with Crippen molar-refractivity contribution < 1.29 is 13.9 Å². The largest absolute Gasteiger partial charge is 0.492 e. The molecule has 1 aromatic heterocycles. The van der Waals surface area contributed by atoms with Gasteiger partial charge in [-0.15, -0.1) is 0 Å².